The Morgan fingerprint density at radius 3 is 2.28 bits per heavy atom. The zero-order valence-electron chi connectivity index (χ0n) is 19.3. The van der Waals surface area contributed by atoms with Crippen molar-refractivity contribution in [1.29, 1.82) is 0 Å². The summed E-state index contributed by atoms with van der Waals surface area (Å²) in [5, 5.41) is 6.27. The van der Waals surface area contributed by atoms with Crippen molar-refractivity contribution in [3.05, 3.63) is 121 Å². The standard InChI is InChI=1S/C33H20N2S/c1-2-9-22(10-3-1)35-30-15-6-4-11-24(30)26-14-8-13-23(32(26)35)21-17-18-27-29(19-21)34-20-28-25-12-5-7-16-31(25)36-33(27)28/h1-20H. The van der Waals surface area contributed by atoms with Crippen molar-refractivity contribution in [3.8, 4) is 16.8 Å². The molecule has 0 aliphatic carbocycles. The van der Waals surface area contributed by atoms with Gasteiger partial charge in [0.2, 0.25) is 0 Å². The average Bonchev–Trinajstić information content (AvgIpc) is 3.49. The number of thiophene rings is 1. The Morgan fingerprint density at radius 2 is 1.36 bits per heavy atom. The van der Waals surface area contributed by atoms with Gasteiger partial charge in [-0.25, -0.2) is 0 Å². The predicted molar refractivity (Wildman–Crippen MR) is 154 cm³/mol. The lowest BCUT2D eigenvalue weighted by Crippen LogP contribution is -1.95. The lowest BCUT2D eigenvalue weighted by atomic mass is 10.00. The fourth-order valence-electron chi connectivity index (χ4n) is 5.62. The maximum Gasteiger partial charge on any atom is 0.0722 e. The molecule has 3 aromatic heterocycles. The summed E-state index contributed by atoms with van der Waals surface area (Å²) in [6, 6.07) is 41.3. The van der Waals surface area contributed by atoms with Gasteiger partial charge in [-0.15, -0.1) is 11.3 Å². The Labute approximate surface area is 211 Å². The molecule has 0 aliphatic heterocycles. The third-order valence-electron chi connectivity index (χ3n) is 7.23. The number of pyridine rings is 1. The van der Waals surface area contributed by atoms with Gasteiger partial charge >= 0.3 is 0 Å². The van der Waals surface area contributed by atoms with Crippen LogP contribution < -0.4 is 0 Å². The molecular formula is C33H20N2S. The first-order valence-corrected chi connectivity index (χ1v) is 13.0. The van der Waals surface area contributed by atoms with E-state index in [2.05, 4.69) is 120 Å². The minimum atomic E-state index is 1.03. The molecule has 2 nitrogen and oxygen atoms in total. The van der Waals surface area contributed by atoms with Crippen molar-refractivity contribution in [2.75, 3.05) is 0 Å². The van der Waals surface area contributed by atoms with Gasteiger partial charge in [-0.3, -0.25) is 4.98 Å². The van der Waals surface area contributed by atoms with Gasteiger partial charge in [0.1, 0.15) is 0 Å². The summed E-state index contributed by atoms with van der Waals surface area (Å²) in [5.74, 6) is 0. The summed E-state index contributed by atoms with van der Waals surface area (Å²) in [7, 11) is 0. The van der Waals surface area contributed by atoms with Crippen LogP contribution in [0, 0.1) is 0 Å². The summed E-state index contributed by atoms with van der Waals surface area (Å²) in [6.07, 6.45) is 2.04. The second-order valence-corrected chi connectivity index (χ2v) is 10.3. The number of rotatable bonds is 2. The van der Waals surface area contributed by atoms with Crippen LogP contribution in [0.2, 0.25) is 0 Å². The number of hydrogen-bond acceptors (Lipinski definition) is 2. The molecule has 0 aliphatic rings. The Kier molecular flexibility index (Phi) is 4.13. The van der Waals surface area contributed by atoms with Crippen LogP contribution in [-0.4, -0.2) is 9.55 Å². The third kappa shape index (κ3) is 2.75. The SMILES string of the molecule is c1ccc(-n2c3ccccc3c3cccc(-c4ccc5c(c4)ncc4c6ccccc6sc54)c32)cc1. The van der Waals surface area contributed by atoms with Gasteiger partial charge in [0.15, 0.2) is 0 Å². The monoisotopic (exact) mass is 476 g/mol. The fraction of sp³-hybridized carbons (Fsp3) is 0. The van der Waals surface area contributed by atoms with E-state index in [1.54, 1.807) is 0 Å². The molecule has 0 radical (unpaired) electrons. The van der Waals surface area contributed by atoms with Crippen LogP contribution in [0.1, 0.15) is 0 Å². The highest BCUT2D eigenvalue weighted by atomic mass is 32.1. The van der Waals surface area contributed by atoms with Crippen LogP contribution in [-0.2, 0) is 0 Å². The first-order chi connectivity index (χ1) is 17.9. The molecule has 3 heterocycles. The van der Waals surface area contributed by atoms with E-state index >= 15 is 0 Å². The summed E-state index contributed by atoms with van der Waals surface area (Å²) in [5.41, 5.74) is 7.05. The summed E-state index contributed by atoms with van der Waals surface area (Å²) < 4.78 is 5.01. The molecule has 0 fully saturated rings. The number of fused-ring (bicyclic) bond motifs is 8. The van der Waals surface area contributed by atoms with Crippen molar-refractivity contribution < 1.29 is 0 Å². The molecule has 36 heavy (non-hydrogen) atoms. The van der Waals surface area contributed by atoms with E-state index in [9.17, 15) is 0 Å². The van der Waals surface area contributed by atoms with Crippen molar-refractivity contribution in [2.24, 2.45) is 0 Å². The van der Waals surface area contributed by atoms with Crippen molar-refractivity contribution in [1.82, 2.24) is 9.55 Å². The van der Waals surface area contributed by atoms with Crippen molar-refractivity contribution in [2.45, 2.75) is 0 Å². The molecule has 168 valence electrons. The van der Waals surface area contributed by atoms with Gasteiger partial charge in [-0.1, -0.05) is 84.9 Å². The number of aromatic nitrogens is 2. The zero-order valence-corrected chi connectivity index (χ0v) is 20.2. The largest absolute Gasteiger partial charge is 0.309 e. The Bertz CT molecular complexity index is 2100. The predicted octanol–water partition coefficient (Wildman–Crippen LogP) is 9.37. The molecule has 0 spiro atoms. The number of nitrogens with zero attached hydrogens (tertiary/aromatic N) is 2. The molecule has 5 aromatic carbocycles. The van der Waals surface area contributed by atoms with Crippen molar-refractivity contribution in [3.63, 3.8) is 0 Å². The van der Waals surface area contributed by atoms with Crippen molar-refractivity contribution >= 4 is 64.2 Å². The van der Waals surface area contributed by atoms with Gasteiger partial charge in [0.05, 0.1) is 16.6 Å². The lowest BCUT2D eigenvalue weighted by molar-refractivity contribution is 1.18. The maximum atomic E-state index is 4.92. The minimum Gasteiger partial charge on any atom is -0.309 e. The third-order valence-corrected chi connectivity index (χ3v) is 8.45. The molecule has 0 N–H and O–H groups in total. The van der Waals surface area contributed by atoms with E-state index in [1.165, 1.54) is 64.2 Å². The smallest absolute Gasteiger partial charge is 0.0722 e. The first-order valence-electron chi connectivity index (χ1n) is 12.1. The first kappa shape index (κ1) is 19.8. The van der Waals surface area contributed by atoms with E-state index in [4.69, 9.17) is 4.98 Å². The van der Waals surface area contributed by atoms with Gasteiger partial charge in [0, 0.05) is 53.8 Å². The number of hydrogen-bond donors (Lipinski definition) is 0. The van der Waals surface area contributed by atoms with E-state index in [0.717, 1.165) is 5.52 Å². The summed E-state index contributed by atoms with van der Waals surface area (Å²) >= 11 is 1.85. The summed E-state index contributed by atoms with van der Waals surface area (Å²) in [4.78, 5) is 4.92. The molecule has 8 aromatic rings. The van der Waals surface area contributed by atoms with Crippen LogP contribution in [0.25, 0.3) is 69.7 Å². The summed E-state index contributed by atoms with van der Waals surface area (Å²) in [6.45, 7) is 0. The number of benzene rings is 5. The molecule has 0 saturated carbocycles. The van der Waals surface area contributed by atoms with Gasteiger partial charge < -0.3 is 4.57 Å². The molecule has 0 bridgehead atoms. The van der Waals surface area contributed by atoms with Crippen LogP contribution in [0.15, 0.2) is 121 Å². The van der Waals surface area contributed by atoms with Crippen LogP contribution in [0.4, 0.5) is 0 Å². The van der Waals surface area contributed by atoms with E-state index in [-0.39, 0.29) is 0 Å². The maximum absolute atomic E-state index is 4.92. The highest BCUT2D eigenvalue weighted by molar-refractivity contribution is 7.26. The topological polar surface area (TPSA) is 17.8 Å². The highest BCUT2D eigenvalue weighted by Crippen LogP contribution is 2.41. The second kappa shape index (κ2) is 7.51. The quantitative estimate of drug-likeness (QED) is 0.243. The normalized spacial score (nSPS) is 11.9. The van der Waals surface area contributed by atoms with Gasteiger partial charge in [-0.2, -0.15) is 0 Å². The van der Waals surface area contributed by atoms with Gasteiger partial charge in [0.25, 0.3) is 0 Å². The number of para-hydroxylation sites is 3. The molecule has 0 saturated heterocycles. The zero-order chi connectivity index (χ0) is 23.6. The molecule has 0 atom stereocenters. The van der Waals surface area contributed by atoms with Gasteiger partial charge in [-0.05, 0) is 35.9 Å². The molecule has 3 heteroatoms. The van der Waals surface area contributed by atoms with E-state index in [1.807, 2.05) is 17.5 Å². The van der Waals surface area contributed by atoms with Crippen LogP contribution in [0.5, 0.6) is 0 Å². The van der Waals surface area contributed by atoms with Crippen LogP contribution in [0.3, 0.4) is 0 Å². The van der Waals surface area contributed by atoms with E-state index in [0.29, 0.717) is 0 Å². The highest BCUT2D eigenvalue weighted by Gasteiger charge is 2.17. The average molecular weight is 477 g/mol. The molecular weight excluding hydrogens is 456 g/mol. The molecule has 0 unspecified atom stereocenters. The Hall–Kier alpha value is -4.47. The fourth-order valence-corrected chi connectivity index (χ4v) is 6.83. The second-order valence-electron chi connectivity index (χ2n) is 9.22. The molecule has 0 amide bonds. The minimum absolute atomic E-state index is 1.03. The Morgan fingerprint density at radius 1 is 0.583 bits per heavy atom. The Balaban J connectivity index is 1.43. The van der Waals surface area contributed by atoms with E-state index < -0.39 is 0 Å². The lowest BCUT2D eigenvalue weighted by Gasteiger charge is -2.12. The molecule has 8 rings (SSSR count). The van der Waals surface area contributed by atoms with Crippen LogP contribution >= 0.6 is 11.3 Å².